The molecule has 5 nitrogen and oxygen atoms in total. The molecule has 0 bridgehead atoms. The van der Waals surface area contributed by atoms with Crippen molar-refractivity contribution in [1.29, 1.82) is 0 Å². The second-order valence-electron chi connectivity index (χ2n) is 6.36. The third kappa shape index (κ3) is 5.09. The normalized spacial score (nSPS) is 18.9. The molecule has 1 aromatic rings. The molecule has 1 atom stereocenters. The van der Waals surface area contributed by atoms with Gasteiger partial charge in [0.2, 0.25) is 5.91 Å². The monoisotopic (exact) mass is 379 g/mol. The molecule has 0 radical (unpaired) electrons. The maximum atomic E-state index is 12.4. The number of benzene rings is 1. The van der Waals surface area contributed by atoms with Crippen LogP contribution in [0.3, 0.4) is 0 Å². The highest BCUT2D eigenvalue weighted by Gasteiger charge is 2.21. The largest absolute Gasteiger partial charge is 0.378 e. The number of likely N-dealkylation sites (tertiary alicyclic amines) is 1. The van der Waals surface area contributed by atoms with Gasteiger partial charge in [-0.25, -0.2) is 0 Å². The standard InChI is InChI=1S/C18H25N3O2S2/c1-14(25-18(24)21-8-2-3-9-21)17(22)19-15-4-6-16(7-5-15)20-10-12-23-13-11-20/h4-7,14H,2-3,8-13H2,1H3,(H,19,22). The first-order valence-corrected chi connectivity index (χ1v) is 10.1. The molecule has 7 heteroatoms. The van der Waals surface area contributed by atoms with E-state index < -0.39 is 0 Å². The molecule has 1 amide bonds. The first-order chi connectivity index (χ1) is 12.1. The number of nitrogens with one attached hydrogen (secondary N) is 1. The fraction of sp³-hybridized carbons (Fsp3) is 0.556. The van der Waals surface area contributed by atoms with E-state index in [4.69, 9.17) is 17.0 Å². The minimum atomic E-state index is -0.202. The highest BCUT2D eigenvalue weighted by atomic mass is 32.2. The molecule has 0 aliphatic carbocycles. The van der Waals surface area contributed by atoms with Gasteiger partial charge in [-0.05, 0) is 44.0 Å². The van der Waals surface area contributed by atoms with Crippen LogP contribution in [0.4, 0.5) is 11.4 Å². The second kappa shape index (κ2) is 8.87. The number of ether oxygens (including phenoxy) is 1. The molecule has 2 heterocycles. The second-order valence-corrected chi connectivity index (χ2v) is 8.33. The van der Waals surface area contributed by atoms with Crippen LogP contribution in [-0.2, 0) is 9.53 Å². The zero-order valence-electron chi connectivity index (χ0n) is 14.6. The van der Waals surface area contributed by atoms with Gasteiger partial charge in [0, 0.05) is 37.6 Å². The number of hydrogen-bond acceptors (Lipinski definition) is 5. The van der Waals surface area contributed by atoms with Crippen LogP contribution in [0.2, 0.25) is 0 Å². The Bertz CT molecular complexity index is 597. The van der Waals surface area contributed by atoms with Gasteiger partial charge in [-0.1, -0.05) is 24.0 Å². The molecule has 136 valence electrons. The van der Waals surface area contributed by atoms with Crippen LogP contribution in [0.15, 0.2) is 24.3 Å². The van der Waals surface area contributed by atoms with Crippen LogP contribution in [0, 0.1) is 0 Å². The van der Waals surface area contributed by atoms with E-state index in [0.29, 0.717) is 0 Å². The Morgan fingerprint density at radius 2 is 1.80 bits per heavy atom. The van der Waals surface area contributed by atoms with Crippen molar-refractivity contribution >= 4 is 45.6 Å². The number of hydrogen-bond donors (Lipinski definition) is 1. The zero-order chi connectivity index (χ0) is 17.6. The maximum Gasteiger partial charge on any atom is 0.237 e. The van der Waals surface area contributed by atoms with Crippen molar-refractivity contribution < 1.29 is 9.53 Å². The number of nitrogens with zero attached hydrogens (tertiary/aromatic N) is 2. The Balaban J connectivity index is 1.50. The van der Waals surface area contributed by atoms with Crippen molar-refractivity contribution in [3.63, 3.8) is 0 Å². The molecule has 1 aromatic carbocycles. The lowest BCUT2D eigenvalue weighted by Gasteiger charge is -2.29. The highest BCUT2D eigenvalue weighted by molar-refractivity contribution is 8.23. The lowest BCUT2D eigenvalue weighted by atomic mass is 10.2. The summed E-state index contributed by atoms with van der Waals surface area (Å²) in [7, 11) is 0. The van der Waals surface area contributed by atoms with E-state index in [-0.39, 0.29) is 11.2 Å². The summed E-state index contributed by atoms with van der Waals surface area (Å²) in [6, 6.07) is 8.01. The molecule has 0 spiro atoms. The highest BCUT2D eigenvalue weighted by Crippen LogP contribution is 2.23. The molecule has 0 saturated carbocycles. The third-order valence-electron chi connectivity index (χ3n) is 4.52. The summed E-state index contributed by atoms with van der Waals surface area (Å²) in [5, 5.41) is 2.78. The van der Waals surface area contributed by atoms with E-state index >= 15 is 0 Å². The number of rotatable bonds is 4. The van der Waals surface area contributed by atoms with Crippen molar-refractivity contribution in [1.82, 2.24) is 4.90 Å². The first-order valence-electron chi connectivity index (χ1n) is 8.82. The fourth-order valence-electron chi connectivity index (χ4n) is 3.00. The van der Waals surface area contributed by atoms with E-state index in [2.05, 4.69) is 15.1 Å². The fourth-order valence-corrected chi connectivity index (χ4v) is 4.42. The molecule has 2 fully saturated rings. The van der Waals surface area contributed by atoms with E-state index in [0.717, 1.165) is 49.4 Å². The summed E-state index contributed by atoms with van der Waals surface area (Å²) in [5.41, 5.74) is 1.99. The Labute approximate surface area is 159 Å². The summed E-state index contributed by atoms with van der Waals surface area (Å²) < 4.78 is 6.21. The van der Waals surface area contributed by atoms with Crippen LogP contribution in [0.5, 0.6) is 0 Å². The molecule has 2 saturated heterocycles. The third-order valence-corrected chi connectivity index (χ3v) is 6.10. The van der Waals surface area contributed by atoms with Gasteiger partial charge in [-0.3, -0.25) is 4.79 Å². The van der Waals surface area contributed by atoms with Gasteiger partial charge in [-0.15, -0.1) is 0 Å². The molecule has 1 N–H and O–H groups in total. The summed E-state index contributed by atoms with van der Waals surface area (Å²) in [6.45, 7) is 7.30. The van der Waals surface area contributed by atoms with Gasteiger partial charge >= 0.3 is 0 Å². The molecule has 2 aliphatic rings. The molecule has 3 rings (SSSR count). The average molecular weight is 380 g/mol. The van der Waals surface area contributed by atoms with Gasteiger partial charge in [0.1, 0.15) is 4.32 Å². The molecule has 1 unspecified atom stereocenters. The van der Waals surface area contributed by atoms with E-state index in [1.807, 2.05) is 31.2 Å². The summed E-state index contributed by atoms with van der Waals surface area (Å²) in [5.74, 6) is -0.00864. The van der Waals surface area contributed by atoms with Gasteiger partial charge in [-0.2, -0.15) is 0 Å². The van der Waals surface area contributed by atoms with Crippen LogP contribution in [0.1, 0.15) is 19.8 Å². The molecule has 2 aliphatic heterocycles. The van der Waals surface area contributed by atoms with Gasteiger partial charge < -0.3 is 19.9 Å². The van der Waals surface area contributed by atoms with Crippen molar-refractivity contribution in [3.05, 3.63) is 24.3 Å². The number of carbonyl (C=O) groups is 1. The maximum absolute atomic E-state index is 12.4. The van der Waals surface area contributed by atoms with Crippen LogP contribution >= 0.6 is 24.0 Å². The van der Waals surface area contributed by atoms with Gasteiger partial charge in [0.15, 0.2) is 0 Å². The molecule has 25 heavy (non-hydrogen) atoms. The topological polar surface area (TPSA) is 44.8 Å². The average Bonchev–Trinajstić information content (AvgIpc) is 3.18. The van der Waals surface area contributed by atoms with Crippen LogP contribution < -0.4 is 10.2 Å². The lowest BCUT2D eigenvalue weighted by molar-refractivity contribution is -0.115. The van der Waals surface area contributed by atoms with Gasteiger partial charge in [0.25, 0.3) is 0 Å². The summed E-state index contributed by atoms with van der Waals surface area (Å²) in [6.07, 6.45) is 2.38. The van der Waals surface area contributed by atoms with Gasteiger partial charge in [0.05, 0.1) is 18.5 Å². The van der Waals surface area contributed by atoms with Crippen molar-refractivity contribution in [2.75, 3.05) is 49.6 Å². The molecule has 0 aromatic heterocycles. The number of thiocarbonyl (C=S) groups is 1. The Kier molecular flexibility index (Phi) is 6.56. The summed E-state index contributed by atoms with van der Waals surface area (Å²) >= 11 is 6.93. The first kappa shape index (κ1) is 18.5. The minimum absolute atomic E-state index is 0.00864. The smallest absolute Gasteiger partial charge is 0.237 e. The predicted molar refractivity (Wildman–Crippen MR) is 109 cm³/mol. The van der Waals surface area contributed by atoms with E-state index in [9.17, 15) is 4.79 Å². The number of carbonyl (C=O) groups excluding carboxylic acids is 1. The number of amides is 1. The minimum Gasteiger partial charge on any atom is -0.378 e. The summed E-state index contributed by atoms with van der Waals surface area (Å²) in [4.78, 5) is 16.9. The molecular formula is C18H25N3O2S2. The molecular weight excluding hydrogens is 354 g/mol. The van der Waals surface area contributed by atoms with Crippen molar-refractivity contribution in [3.8, 4) is 0 Å². The zero-order valence-corrected chi connectivity index (χ0v) is 16.2. The quantitative estimate of drug-likeness (QED) is 0.812. The van der Waals surface area contributed by atoms with E-state index in [1.165, 1.54) is 30.3 Å². The SMILES string of the molecule is CC(SC(=S)N1CCCC1)C(=O)Nc1ccc(N2CCOCC2)cc1. The Morgan fingerprint density at radius 3 is 2.44 bits per heavy atom. The van der Waals surface area contributed by atoms with Crippen LogP contribution in [-0.4, -0.2) is 59.8 Å². The number of anilines is 2. The Hall–Kier alpha value is -1.31. The Morgan fingerprint density at radius 1 is 1.16 bits per heavy atom. The van der Waals surface area contributed by atoms with E-state index in [1.54, 1.807) is 0 Å². The van der Waals surface area contributed by atoms with Crippen molar-refractivity contribution in [2.24, 2.45) is 0 Å². The van der Waals surface area contributed by atoms with Crippen LogP contribution in [0.25, 0.3) is 0 Å². The predicted octanol–water partition coefficient (Wildman–Crippen LogP) is 2.96. The number of thioether (sulfide) groups is 1. The van der Waals surface area contributed by atoms with Crippen molar-refractivity contribution in [2.45, 2.75) is 25.0 Å². The lowest BCUT2D eigenvalue weighted by Crippen LogP contribution is -2.36. The number of morpholine rings is 1.